The molecule has 0 bridgehead atoms. The van der Waals surface area contributed by atoms with E-state index in [0.29, 0.717) is 38.8 Å². The van der Waals surface area contributed by atoms with E-state index in [4.69, 9.17) is 17.3 Å². The zero-order valence-corrected chi connectivity index (χ0v) is 19.2. The SMILES string of the molecule is COC(=O)CCC(=O)NCc1ccc(-c2cc(Nc3ccc(Cl)cc3CF)ccc2O)nc1N. The van der Waals surface area contributed by atoms with Crippen LogP contribution in [0.5, 0.6) is 5.75 Å². The van der Waals surface area contributed by atoms with Gasteiger partial charge in [-0.05, 0) is 42.5 Å². The highest BCUT2D eigenvalue weighted by Crippen LogP contribution is 2.33. The monoisotopic (exact) mass is 486 g/mol. The molecule has 0 saturated heterocycles. The molecule has 1 amide bonds. The van der Waals surface area contributed by atoms with Gasteiger partial charge in [0.1, 0.15) is 18.2 Å². The first-order valence-corrected chi connectivity index (χ1v) is 10.7. The van der Waals surface area contributed by atoms with Crippen molar-refractivity contribution >= 4 is 40.7 Å². The second kappa shape index (κ2) is 11.3. The van der Waals surface area contributed by atoms with E-state index in [1.165, 1.54) is 13.2 Å². The summed E-state index contributed by atoms with van der Waals surface area (Å²) in [5.41, 5.74) is 9.04. The predicted octanol–water partition coefficient (Wildman–Crippen LogP) is 4.47. The number of benzene rings is 2. The number of carbonyl (C=O) groups is 2. The normalized spacial score (nSPS) is 10.6. The topological polar surface area (TPSA) is 127 Å². The number of aromatic nitrogens is 1. The van der Waals surface area contributed by atoms with E-state index in [1.807, 2.05) is 0 Å². The number of pyridine rings is 1. The number of nitrogen functional groups attached to an aromatic ring is 1. The van der Waals surface area contributed by atoms with E-state index in [9.17, 15) is 19.1 Å². The number of hydrogen-bond donors (Lipinski definition) is 4. The number of alkyl halides is 1. The van der Waals surface area contributed by atoms with E-state index in [2.05, 4.69) is 20.4 Å². The minimum Gasteiger partial charge on any atom is -0.507 e. The van der Waals surface area contributed by atoms with Gasteiger partial charge in [0.05, 0.1) is 19.2 Å². The van der Waals surface area contributed by atoms with Gasteiger partial charge in [0, 0.05) is 46.1 Å². The minimum absolute atomic E-state index is 0.00347. The summed E-state index contributed by atoms with van der Waals surface area (Å²) in [6.07, 6.45) is -0.00893. The zero-order chi connectivity index (χ0) is 24.7. The molecule has 2 aromatic carbocycles. The average molecular weight is 487 g/mol. The lowest BCUT2D eigenvalue weighted by Gasteiger charge is -2.14. The Hall–Kier alpha value is -3.85. The number of aromatic hydroxyl groups is 1. The van der Waals surface area contributed by atoms with Crippen LogP contribution in [0, 0.1) is 0 Å². The number of rotatable bonds is 9. The number of hydrogen-bond acceptors (Lipinski definition) is 7. The van der Waals surface area contributed by atoms with Crippen molar-refractivity contribution in [2.45, 2.75) is 26.1 Å². The lowest BCUT2D eigenvalue weighted by Crippen LogP contribution is -2.24. The van der Waals surface area contributed by atoms with E-state index >= 15 is 0 Å². The van der Waals surface area contributed by atoms with Gasteiger partial charge in [-0.15, -0.1) is 0 Å². The molecule has 1 heterocycles. The van der Waals surface area contributed by atoms with Crippen molar-refractivity contribution in [2.75, 3.05) is 18.2 Å². The highest BCUT2D eigenvalue weighted by molar-refractivity contribution is 6.30. The second-order valence-corrected chi connectivity index (χ2v) is 7.82. The third-order valence-electron chi connectivity index (χ3n) is 5.03. The fourth-order valence-corrected chi connectivity index (χ4v) is 3.37. The maximum atomic E-state index is 13.4. The zero-order valence-electron chi connectivity index (χ0n) is 18.4. The van der Waals surface area contributed by atoms with Gasteiger partial charge >= 0.3 is 5.97 Å². The molecule has 178 valence electrons. The minimum atomic E-state index is -0.688. The van der Waals surface area contributed by atoms with Gasteiger partial charge in [0.25, 0.3) is 0 Å². The van der Waals surface area contributed by atoms with Crippen LogP contribution in [0.1, 0.15) is 24.0 Å². The molecule has 3 aromatic rings. The maximum absolute atomic E-state index is 13.4. The quantitative estimate of drug-likeness (QED) is 0.259. The molecule has 0 fully saturated rings. The summed E-state index contributed by atoms with van der Waals surface area (Å²) >= 11 is 5.94. The smallest absolute Gasteiger partial charge is 0.306 e. The van der Waals surface area contributed by atoms with Crippen molar-refractivity contribution in [3.63, 3.8) is 0 Å². The molecule has 0 aliphatic rings. The van der Waals surface area contributed by atoms with Crippen molar-refractivity contribution in [3.05, 3.63) is 64.7 Å². The van der Waals surface area contributed by atoms with Gasteiger partial charge < -0.3 is 26.2 Å². The van der Waals surface area contributed by atoms with Crippen LogP contribution in [-0.4, -0.2) is 29.1 Å². The fourth-order valence-electron chi connectivity index (χ4n) is 3.17. The van der Waals surface area contributed by atoms with Crippen LogP contribution in [0.2, 0.25) is 5.02 Å². The van der Waals surface area contributed by atoms with Gasteiger partial charge in [0.2, 0.25) is 5.91 Å². The number of methoxy groups -OCH3 is 1. The predicted molar refractivity (Wildman–Crippen MR) is 128 cm³/mol. The van der Waals surface area contributed by atoms with Crippen LogP contribution in [0.25, 0.3) is 11.3 Å². The fraction of sp³-hybridized carbons (Fsp3) is 0.208. The Morgan fingerprint density at radius 3 is 2.62 bits per heavy atom. The van der Waals surface area contributed by atoms with Gasteiger partial charge in [-0.3, -0.25) is 9.59 Å². The molecule has 10 heteroatoms. The van der Waals surface area contributed by atoms with Crippen LogP contribution in [-0.2, 0) is 27.5 Å². The summed E-state index contributed by atoms with van der Waals surface area (Å²) in [5.74, 6) is -0.613. The number of phenolic OH excluding ortho intramolecular Hbond substituents is 1. The van der Waals surface area contributed by atoms with Crippen molar-refractivity contribution in [1.82, 2.24) is 10.3 Å². The third-order valence-corrected chi connectivity index (χ3v) is 5.27. The first-order chi connectivity index (χ1) is 16.3. The summed E-state index contributed by atoms with van der Waals surface area (Å²) < 4.78 is 17.9. The largest absolute Gasteiger partial charge is 0.507 e. The molecule has 0 atom stereocenters. The molecule has 0 radical (unpaired) electrons. The molecule has 34 heavy (non-hydrogen) atoms. The van der Waals surface area contributed by atoms with Crippen molar-refractivity contribution in [2.24, 2.45) is 0 Å². The number of nitrogens with one attached hydrogen (secondary N) is 2. The lowest BCUT2D eigenvalue weighted by molar-refractivity contribution is -0.142. The van der Waals surface area contributed by atoms with Crippen LogP contribution < -0.4 is 16.4 Å². The highest BCUT2D eigenvalue weighted by Gasteiger charge is 2.12. The number of esters is 1. The molecule has 0 saturated carbocycles. The van der Waals surface area contributed by atoms with Crippen molar-refractivity contribution in [1.29, 1.82) is 0 Å². The highest BCUT2D eigenvalue weighted by atomic mass is 35.5. The Labute approximate surface area is 200 Å². The Bertz CT molecular complexity index is 1210. The van der Waals surface area contributed by atoms with Gasteiger partial charge in [-0.1, -0.05) is 17.7 Å². The van der Waals surface area contributed by atoms with Crippen LogP contribution in [0.15, 0.2) is 48.5 Å². The molecule has 0 unspecified atom stereocenters. The molecule has 0 aliphatic heterocycles. The summed E-state index contributed by atoms with van der Waals surface area (Å²) in [4.78, 5) is 27.4. The number of phenols is 1. The van der Waals surface area contributed by atoms with Crippen LogP contribution >= 0.6 is 11.6 Å². The van der Waals surface area contributed by atoms with E-state index in [1.54, 1.807) is 42.5 Å². The molecular formula is C24H24ClFN4O4. The van der Waals surface area contributed by atoms with Gasteiger partial charge in [0.15, 0.2) is 0 Å². The van der Waals surface area contributed by atoms with Gasteiger partial charge in [-0.25, -0.2) is 9.37 Å². The first-order valence-electron chi connectivity index (χ1n) is 10.3. The van der Waals surface area contributed by atoms with Crippen molar-refractivity contribution < 1.29 is 23.8 Å². The summed E-state index contributed by atoms with van der Waals surface area (Å²) in [7, 11) is 1.26. The van der Waals surface area contributed by atoms with Crippen molar-refractivity contribution in [3.8, 4) is 17.0 Å². The second-order valence-electron chi connectivity index (χ2n) is 7.39. The number of nitrogens with zero attached hydrogens (tertiary/aromatic N) is 1. The molecule has 0 aliphatic carbocycles. The molecular weight excluding hydrogens is 463 g/mol. The third kappa shape index (κ3) is 6.35. The average Bonchev–Trinajstić information content (AvgIpc) is 2.83. The number of carbonyl (C=O) groups excluding carboxylic acids is 2. The Balaban J connectivity index is 1.74. The molecule has 3 rings (SSSR count). The standard InChI is InChI=1S/C24H24ClFN4O4/c1-34-23(33)9-8-22(32)28-13-14-2-5-20(30-24(14)27)18-11-17(4-7-21(18)31)29-19-6-3-16(25)10-15(19)12-26/h2-7,10-11,29,31H,8-9,12-13H2,1H3,(H2,27,30)(H,28,32). The van der Waals surface area contributed by atoms with E-state index in [-0.39, 0.29) is 36.9 Å². The number of halogens is 2. The number of anilines is 3. The number of ether oxygens (including phenoxy) is 1. The number of nitrogens with two attached hydrogens (primary N) is 1. The lowest BCUT2D eigenvalue weighted by atomic mass is 10.1. The Kier molecular flexibility index (Phi) is 8.26. The Morgan fingerprint density at radius 2 is 1.91 bits per heavy atom. The van der Waals surface area contributed by atoms with Crippen LogP contribution in [0.4, 0.5) is 21.6 Å². The summed E-state index contributed by atoms with van der Waals surface area (Å²) in [6.45, 7) is -0.554. The first kappa shape index (κ1) is 24.8. The molecule has 1 aromatic heterocycles. The van der Waals surface area contributed by atoms with Crippen LogP contribution in [0.3, 0.4) is 0 Å². The Morgan fingerprint density at radius 1 is 1.12 bits per heavy atom. The van der Waals surface area contributed by atoms with E-state index < -0.39 is 12.6 Å². The van der Waals surface area contributed by atoms with E-state index in [0.717, 1.165) is 0 Å². The molecule has 0 spiro atoms. The summed E-state index contributed by atoms with van der Waals surface area (Å²) in [6, 6.07) is 13.0. The number of amides is 1. The maximum Gasteiger partial charge on any atom is 0.306 e. The molecule has 5 N–H and O–H groups in total. The summed E-state index contributed by atoms with van der Waals surface area (Å²) in [5, 5.41) is 16.6. The van der Waals surface area contributed by atoms with Gasteiger partial charge in [-0.2, -0.15) is 0 Å². The molecule has 8 nitrogen and oxygen atoms in total.